The van der Waals surface area contributed by atoms with E-state index in [1.165, 1.54) is 0 Å². The number of aliphatic carboxylic acids is 1. The largest absolute Gasteiger partial charge is 0.481 e. The van der Waals surface area contributed by atoms with Gasteiger partial charge in [0.25, 0.3) is 0 Å². The predicted octanol–water partition coefficient (Wildman–Crippen LogP) is 1.93. The third kappa shape index (κ3) is 8.64. The molecule has 0 saturated carbocycles. The van der Waals surface area contributed by atoms with Crippen molar-refractivity contribution in [2.45, 2.75) is 64.2 Å². The van der Waals surface area contributed by atoms with E-state index in [0.717, 1.165) is 44.9 Å². The highest BCUT2D eigenvalue weighted by molar-refractivity contribution is 5.84. The maximum Gasteiger partial charge on any atom is 0.303 e. The van der Waals surface area contributed by atoms with Crippen molar-refractivity contribution < 1.29 is 19.5 Å². The van der Waals surface area contributed by atoms with Crippen molar-refractivity contribution in [3.8, 4) is 0 Å². The summed E-state index contributed by atoms with van der Waals surface area (Å²) in [6.07, 6.45) is 8.21. The van der Waals surface area contributed by atoms with Crippen molar-refractivity contribution in [2.75, 3.05) is 19.6 Å². The molecule has 6 nitrogen and oxygen atoms in total. The van der Waals surface area contributed by atoms with Crippen LogP contribution in [0.25, 0.3) is 0 Å². The summed E-state index contributed by atoms with van der Waals surface area (Å²) in [5, 5.41) is 11.4. The van der Waals surface area contributed by atoms with E-state index in [9.17, 15) is 14.4 Å². The molecule has 1 aliphatic rings. The quantitative estimate of drug-likeness (QED) is 0.637. The number of hydrogen-bond donors (Lipinski definition) is 2. The minimum Gasteiger partial charge on any atom is -0.481 e. The van der Waals surface area contributed by atoms with Crippen LogP contribution in [0.15, 0.2) is 0 Å². The van der Waals surface area contributed by atoms with Crippen LogP contribution >= 0.6 is 0 Å². The van der Waals surface area contributed by atoms with Crippen LogP contribution in [-0.2, 0) is 14.4 Å². The Kier molecular flexibility index (Phi) is 9.26. The molecule has 0 bridgehead atoms. The monoisotopic (exact) mass is 312 g/mol. The summed E-state index contributed by atoms with van der Waals surface area (Å²) in [6.45, 7) is 1.44. The Hall–Kier alpha value is -1.59. The zero-order valence-electron chi connectivity index (χ0n) is 13.3. The third-order valence-corrected chi connectivity index (χ3v) is 3.90. The van der Waals surface area contributed by atoms with Gasteiger partial charge in [-0.1, -0.05) is 25.7 Å². The van der Waals surface area contributed by atoms with Gasteiger partial charge in [0.15, 0.2) is 0 Å². The molecule has 1 heterocycles. The molecule has 0 atom stereocenters. The van der Waals surface area contributed by atoms with Crippen LogP contribution in [0, 0.1) is 0 Å². The lowest BCUT2D eigenvalue weighted by Gasteiger charge is -2.24. The lowest BCUT2D eigenvalue weighted by atomic mass is 10.1. The topological polar surface area (TPSA) is 86.7 Å². The lowest BCUT2D eigenvalue weighted by molar-refractivity contribution is -0.137. The number of nitrogens with zero attached hydrogens (tertiary/aromatic N) is 1. The minimum atomic E-state index is -0.758. The molecule has 1 aliphatic heterocycles. The molecular weight excluding hydrogens is 284 g/mol. The molecule has 0 radical (unpaired) electrons. The van der Waals surface area contributed by atoms with E-state index >= 15 is 0 Å². The summed E-state index contributed by atoms with van der Waals surface area (Å²) in [5.41, 5.74) is 0. The number of carbonyl (C=O) groups is 3. The molecule has 1 rings (SSSR count). The van der Waals surface area contributed by atoms with Crippen LogP contribution < -0.4 is 5.32 Å². The number of carbonyl (C=O) groups excluding carboxylic acids is 2. The van der Waals surface area contributed by atoms with Gasteiger partial charge in [-0.15, -0.1) is 0 Å². The van der Waals surface area contributed by atoms with Gasteiger partial charge in [0, 0.05) is 25.9 Å². The summed E-state index contributed by atoms with van der Waals surface area (Å²) in [4.78, 5) is 35.8. The first kappa shape index (κ1) is 18.5. The van der Waals surface area contributed by atoms with Gasteiger partial charge < -0.3 is 15.3 Å². The molecule has 1 saturated heterocycles. The van der Waals surface area contributed by atoms with Crippen molar-refractivity contribution in [3.63, 3.8) is 0 Å². The highest BCUT2D eigenvalue weighted by Gasteiger charge is 2.17. The number of hydrogen-bond acceptors (Lipinski definition) is 3. The van der Waals surface area contributed by atoms with Crippen molar-refractivity contribution >= 4 is 17.8 Å². The fourth-order valence-electron chi connectivity index (χ4n) is 2.59. The van der Waals surface area contributed by atoms with Crippen molar-refractivity contribution in [3.05, 3.63) is 0 Å². The molecule has 0 aromatic rings. The van der Waals surface area contributed by atoms with Gasteiger partial charge in [0.1, 0.15) is 0 Å². The zero-order valence-corrected chi connectivity index (χ0v) is 13.3. The van der Waals surface area contributed by atoms with Crippen LogP contribution in [-0.4, -0.2) is 47.4 Å². The Balaban J connectivity index is 2.09. The van der Waals surface area contributed by atoms with Crippen LogP contribution in [0.3, 0.4) is 0 Å². The fraction of sp³-hybridized carbons (Fsp3) is 0.812. The van der Waals surface area contributed by atoms with Gasteiger partial charge in [-0.05, 0) is 25.7 Å². The number of carboxylic acid groups (broad SMARTS) is 1. The second-order valence-corrected chi connectivity index (χ2v) is 5.89. The first-order chi connectivity index (χ1) is 10.6. The first-order valence-corrected chi connectivity index (χ1v) is 8.36. The van der Waals surface area contributed by atoms with E-state index in [-0.39, 0.29) is 24.8 Å². The van der Waals surface area contributed by atoms with Gasteiger partial charge in [-0.2, -0.15) is 0 Å². The number of unbranched alkanes of at least 4 members (excludes halogenated alkanes) is 3. The number of rotatable bonds is 9. The zero-order chi connectivity index (χ0) is 16.2. The lowest BCUT2D eigenvalue weighted by Crippen LogP contribution is -2.41. The van der Waals surface area contributed by atoms with Crippen LogP contribution in [0.4, 0.5) is 0 Å². The highest BCUT2D eigenvalue weighted by atomic mass is 16.4. The Morgan fingerprint density at radius 2 is 1.77 bits per heavy atom. The van der Waals surface area contributed by atoms with E-state index in [1.807, 2.05) is 0 Å². The number of nitrogens with one attached hydrogen (secondary N) is 1. The van der Waals surface area contributed by atoms with Gasteiger partial charge in [-0.25, -0.2) is 0 Å². The average molecular weight is 312 g/mol. The minimum absolute atomic E-state index is 0.0866. The van der Waals surface area contributed by atoms with Gasteiger partial charge in [0.05, 0.1) is 6.54 Å². The molecule has 6 heteroatoms. The molecule has 0 aromatic carbocycles. The average Bonchev–Trinajstić information content (AvgIpc) is 2.45. The van der Waals surface area contributed by atoms with Crippen molar-refractivity contribution in [1.29, 1.82) is 0 Å². The molecule has 0 aliphatic carbocycles. The van der Waals surface area contributed by atoms with E-state index in [1.54, 1.807) is 4.90 Å². The molecule has 0 spiro atoms. The normalized spacial score (nSPS) is 16.0. The number of amides is 2. The molecule has 126 valence electrons. The molecule has 1 fully saturated rings. The summed E-state index contributed by atoms with van der Waals surface area (Å²) in [7, 11) is 0. The molecule has 2 amide bonds. The van der Waals surface area contributed by atoms with Crippen molar-refractivity contribution in [1.82, 2.24) is 10.2 Å². The molecule has 2 N–H and O–H groups in total. The first-order valence-electron chi connectivity index (χ1n) is 8.36. The Labute approximate surface area is 132 Å². The van der Waals surface area contributed by atoms with E-state index < -0.39 is 5.97 Å². The Morgan fingerprint density at radius 1 is 1.05 bits per heavy atom. The maximum atomic E-state index is 11.9. The summed E-state index contributed by atoms with van der Waals surface area (Å²) < 4.78 is 0. The van der Waals surface area contributed by atoms with Gasteiger partial charge >= 0.3 is 5.97 Å². The Morgan fingerprint density at radius 3 is 2.55 bits per heavy atom. The highest BCUT2D eigenvalue weighted by Crippen LogP contribution is 2.11. The second kappa shape index (κ2) is 11.0. The fourth-order valence-corrected chi connectivity index (χ4v) is 2.59. The smallest absolute Gasteiger partial charge is 0.303 e. The van der Waals surface area contributed by atoms with E-state index in [4.69, 9.17) is 5.11 Å². The maximum absolute atomic E-state index is 11.9. The molecule has 0 unspecified atom stereocenters. The third-order valence-electron chi connectivity index (χ3n) is 3.90. The molecule has 0 aromatic heterocycles. The van der Waals surface area contributed by atoms with Gasteiger partial charge in [0.2, 0.25) is 11.8 Å². The summed E-state index contributed by atoms with van der Waals surface area (Å²) in [6, 6.07) is 0. The predicted molar refractivity (Wildman–Crippen MR) is 83.4 cm³/mol. The molecule has 22 heavy (non-hydrogen) atoms. The van der Waals surface area contributed by atoms with Gasteiger partial charge in [-0.3, -0.25) is 14.4 Å². The van der Waals surface area contributed by atoms with Crippen molar-refractivity contribution in [2.24, 2.45) is 0 Å². The Bertz CT molecular complexity index is 371. The summed E-state index contributed by atoms with van der Waals surface area (Å²) >= 11 is 0. The van der Waals surface area contributed by atoms with Crippen LogP contribution in [0.1, 0.15) is 64.2 Å². The standard InChI is InChI=1S/C16H28N2O4/c19-14(17-11-7-3-1-6-10-16(21)22)13-18-12-8-4-2-5-9-15(18)20/h1-13H2,(H,17,19)(H,21,22). The van der Waals surface area contributed by atoms with Crippen LogP contribution in [0.5, 0.6) is 0 Å². The van der Waals surface area contributed by atoms with E-state index in [2.05, 4.69) is 5.32 Å². The van der Waals surface area contributed by atoms with E-state index in [0.29, 0.717) is 25.9 Å². The van der Waals surface area contributed by atoms with Crippen LogP contribution in [0.2, 0.25) is 0 Å². The number of carboxylic acids is 1. The SMILES string of the molecule is O=C(O)CCCCCCNC(=O)CN1CCCCCCC1=O. The second-order valence-electron chi connectivity index (χ2n) is 5.89. The summed E-state index contributed by atoms with van der Waals surface area (Å²) in [5.74, 6) is -0.769. The molecular formula is C16H28N2O4. The number of likely N-dealkylation sites (tertiary alicyclic amines) is 1.